The van der Waals surface area contributed by atoms with Gasteiger partial charge in [-0.3, -0.25) is 0 Å². The maximum Gasteiger partial charge on any atom is 0.109 e. The van der Waals surface area contributed by atoms with Crippen LogP contribution in [-0.4, -0.2) is 20.1 Å². The predicted octanol–water partition coefficient (Wildman–Crippen LogP) is 1.36. The van der Waals surface area contributed by atoms with Crippen molar-refractivity contribution in [3.05, 3.63) is 39.7 Å². The van der Waals surface area contributed by atoms with Crippen LogP contribution in [0.15, 0.2) is 30.5 Å². The predicted molar refractivity (Wildman–Crippen MR) is 60.0 cm³/mol. The molecule has 0 radical (unpaired) electrons. The average molecular weight is 301 g/mol. The van der Waals surface area contributed by atoms with Crippen LogP contribution in [0.25, 0.3) is 5.69 Å². The van der Waals surface area contributed by atoms with Gasteiger partial charge in [0.1, 0.15) is 5.69 Å². The molecule has 1 heterocycles. The van der Waals surface area contributed by atoms with Crippen LogP contribution in [0.4, 0.5) is 0 Å². The smallest absolute Gasteiger partial charge is 0.109 e. The van der Waals surface area contributed by atoms with E-state index in [0.29, 0.717) is 5.69 Å². The molecule has 5 heteroatoms. The van der Waals surface area contributed by atoms with Gasteiger partial charge in [0.2, 0.25) is 0 Å². The normalized spacial score (nSPS) is 10.4. The van der Waals surface area contributed by atoms with Crippen LogP contribution in [-0.2, 0) is 6.61 Å². The van der Waals surface area contributed by atoms with E-state index in [4.69, 9.17) is 5.11 Å². The number of rotatable bonds is 2. The van der Waals surface area contributed by atoms with Gasteiger partial charge in [-0.25, -0.2) is 4.68 Å². The molecule has 0 bridgehead atoms. The largest absolute Gasteiger partial charge is 0.390 e. The van der Waals surface area contributed by atoms with Crippen molar-refractivity contribution in [2.24, 2.45) is 0 Å². The minimum Gasteiger partial charge on any atom is -0.390 e. The number of hydrogen-bond donors (Lipinski definition) is 1. The monoisotopic (exact) mass is 301 g/mol. The van der Waals surface area contributed by atoms with Gasteiger partial charge in [-0.1, -0.05) is 11.3 Å². The van der Waals surface area contributed by atoms with Gasteiger partial charge in [0.25, 0.3) is 0 Å². The van der Waals surface area contributed by atoms with Crippen LogP contribution >= 0.6 is 22.6 Å². The fourth-order valence-corrected chi connectivity index (χ4v) is 1.64. The van der Waals surface area contributed by atoms with E-state index in [9.17, 15) is 0 Å². The van der Waals surface area contributed by atoms with E-state index in [2.05, 4.69) is 32.9 Å². The third-order valence-electron chi connectivity index (χ3n) is 1.78. The van der Waals surface area contributed by atoms with Crippen molar-refractivity contribution < 1.29 is 5.11 Å². The summed E-state index contributed by atoms with van der Waals surface area (Å²) in [4.78, 5) is 0. The van der Waals surface area contributed by atoms with Crippen LogP contribution in [0, 0.1) is 3.57 Å². The molecule has 72 valence electrons. The highest BCUT2D eigenvalue weighted by Gasteiger charge is 2.01. The molecule has 0 unspecified atom stereocenters. The van der Waals surface area contributed by atoms with Crippen molar-refractivity contribution in [3.63, 3.8) is 0 Å². The molecule has 0 amide bonds. The van der Waals surface area contributed by atoms with Crippen LogP contribution < -0.4 is 0 Å². The Hall–Kier alpha value is -0.950. The molecule has 0 atom stereocenters. The molecule has 1 aromatic carbocycles. The first-order valence-electron chi connectivity index (χ1n) is 4.07. The van der Waals surface area contributed by atoms with Gasteiger partial charge in [-0.2, -0.15) is 0 Å². The lowest BCUT2D eigenvalue weighted by atomic mass is 10.3. The standard InChI is InChI=1S/C9H8IN3O/c10-7-2-1-3-9(4-7)13-5-8(6-14)11-12-13/h1-5,14H,6H2. The Morgan fingerprint density at radius 3 is 2.93 bits per heavy atom. The summed E-state index contributed by atoms with van der Waals surface area (Å²) in [7, 11) is 0. The van der Waals surface area contributed by atoms with Gasteiger partial charge >= 0.3 is 0 Å². The second-order valence-corrected chi connectivity index (χ2v) is 4.04. The Bertz CT molecular complexity index is 441. The van der Waals surface area contributed by atoms with E-state index in [1.807, 2.05) is 24.3 Å². The molecule has 14 heavy (non-hydrogen) atoms. The van der Waals surface area contributed by atoms with Crippen LogP contribution in [0.3, 0.4) is 0 Å². The Kier molecular flexibility index (Phi) is 2.78. The Morgan fingerprint density at radius 2 is 2.29 bits per heavy atom. The van der Waals surface area contributed by atoms with Crippen molar-refractivity contribution in [1.29, 1.82) is 0 Å². The number of hydrogen-bond acceptors (Lipinski definition) is 3. The second kappa shape index (κ2) is 4.05. The molecule has 2 rings (SSSR count). The molecule has 0 aliphatic rings. The molecule has 0 aliphatic heterocycles. The molecule has 0 saturated carbocycles. The summed E-state index contributed by atoms with van der Waals surface area (Å²) in [6.45, 7) is -0.0794. The Labute approximate surface area is 94.7 Å². The molecule has 4 nitrogen and oxygen atoms in total. The lowest BCUT2D eigenvalue weighted by Crippen LogP contribution is -1.94. The minimum atomic E-state index is -0.0794. The van der Waals surface area contributed by atoms with Crippen molar-refractivity contribution in [1.82, 2.24) is 15.0 Å². The molecule has 2 aromatic rings. The quantitative estimate of drug-likeness (QED) is 0.852. The first-order valence-corrected chi connectivity index (χ1v) is 5.15. The maximum atomic E-state index is 8.84. The number of benzene rings is 1. The third-order valence-corrected chi connectivity index (χ3v) is 2.45. The van der Waals surface area contributed by atoms with Gasteiger partial charge < -0.3 is 5.11 Å². The summed E-state index contributed by atoms with van der Waals surface area (Å²) in [5.41, 5.74) is 1.52. The molecule has 1 N–H and O–H groups in total. The summed E-state index contributed by atoms with van der Waals surface area (Å²) >= 11 is 2.24. The zero-order valence-electron chi connectivity index (χ0n) is 7.26. The molecule has 0 aliphatic carbocycles. The molecule has 0 saturated heterocycles. The highest BCUT2D eigenvalue weighted by Crippen LogP contribution is 2.11. The highest BCUT2D eigenvalue weighted by molar-refractivity contribution is 14.1. The van der Waals surface area contributed by atoms with Crippen molar-refractivity contribution in [3.8, 4) is 5.69 Å². The Balaban J connectivity index is 2.39. The minimum absolute atomic E-state index is 0.0794. The molecule has 0 spiro atoms. The van der Waals surface area contributed by atoms with Crippen molar-refractivity contribution >= 4 is 22.6 Å². The molecular formula is C9H8IN3O. The van der Waals surface area contributed by atoms with E-state index in [-0.39, 0.29) is 6.61 Å². The van der Waals surface area contributed by atoms with E-state index >= 15 is 0 Å². The Morgan fingerprint density at radius 1 is 1.43 bits per heavy atom. The number of aliphatic hydroxyl groups is 1. The second-order valence-electron chi connectivity index (χ2n) is 2.79. The van der Waals surface area contributed by atoms with E-state index < -0.39 is 0 Å². The van der Waals surface area contributed by atoms with Gasteiger partial charge in [-0.05, 0) is 40.8 Å². The summed E-state index contributed by atoms with van der Waals surface area (Å²) in [5, 5.41) is 16.5. The first kappa shape index (κ1) is 9.60. The van der Waals surface area contributed by atoms with E-state index in [0.717, 1.165) is 9.26 Å². The number of halogens is 1. The van der Waals surface area contributed by atoms with Crippen LogP contribution in [0.5, 0.6) is 0 Å². The van der Waals surface area contributed by atoms with Gasteiger partial charge in [0.15, 0.2) is 0 Å². The lowest BCUT2D eigenvalue weighted by Gasteiger charge is -1.99. The fraction of sp³-hybridized carbons (Fsp3) is 0.111. The lowest BCUT2D eigenvalue weighted by molar-refractivity contribution is 0.276. The van der Waals surface area contributed by atoms with Gasteiger partial charge in [0, 0.05) is 3.57 Å². The van der Waals surface area contributed by atoms with E-state index in [1.165, 1.54) is 0 Å². The number of nitrogens with zero attached hydrogens (tertiary/aromatic N) is 3. The zero-order chi connectivity index (χ0) is 9.97. The summed E-state index contributed by atoms with van der Waals surface area (Å²) in [5.74, 6) is 0. The van der Waals surface area contributed by atoms with E-state index in [1.54, 1.807) is 10.9 Å². The third kappa shape index (κ3) is 1.93. The molecular weight excluding hydrogens is 293 g/mol. The number of aliphatic hydroxyl groups excluding tert-OH is 1. The van der Waals surface area contributed by atoms with Crippen molar-refractivity contribution in [2.45, 2.75) is 6.61 Å². The topological polar surface area (TPSA) is 50.9 Å². The molecule has 0 fully saturated rings. The zero-order valence-corrected chi connectivity index (χ0v) is 9.42. The average Bonchev–Trinajstić information content (AvgIpc) is 2.66. The molecule has 1 aromatic heterocycles. The van der Waals surface area contributed by atoms with Gasteiger partial charge in [-0.15, -0.1) is 5.10 Å². The SMILES string of the molecule is OCc1cn(-c2cccc(I)c2)nn1. The number of aromatic nitrogens is 3. The maximum absolute atomic E-state index is 8.84. The van der Waals surface area contributed by atoms with Gasteiger partial charge in [0.05, 0.1) is 18.5 Å². The summed E-state index contributed by atoms with van der Waals surface area (Å²) in [6, 6.07) is 7.90. The highest BCUT2D eigenvalue weighted by atomic mass is 127. The van der Waals surface area contributed by atoms with Crippen LogP contribution in [0.1, 0.15) is 5.69 Å². The first-order chi connectivity index (χ1) is 6.79. The van der Waals surface area contributed by atoms with Crippen LogP contribution in [0.2, 0.25) is 0 Å². The fourth-order valence-electron chi connectivity index (χ4n) is 1.12. The summed E-state index contributed by atoms with van der Waals surface area (Å²) in [6.07, 6.45) is 1.71. The summed E-state index contributed by atoms with van der Waals surface area (Å²) < 4.78 is 2.79. The van der Waals surface area contributed by atoms with Crippen molar-refractivity contribution in [2.75, 3.05) is 0 Å².